The molecule has 1 heterocycles. The van der Waals surface area contributed by atoms with Gasteiger partial charge in [-0.3, -0.25) is 4.67 Å². The van der Waals surface area contributed by atoms with Gasteiger partial charge in [0, 0.05) is 12.6 Å². The summed E-state index contributed by atoms with van der Waals surface area (Å²) < 4.78 is 7.19. The lowest BCUT2D eigenvalue weighted by molar-refractivity contribution is 0.131. The van der Waals surface area contributed by atoms with E-state index in [2.05, 4.69) is 14.7 Å². The number of nitrogens with zero attached hydrogens (tertiary/aromatic N) is 1. The van der Waals surface area contributed by atoms with Gasteiger partial charge in [-0.05, 0) is 24.3 Å². The molecule has 1 aliphatic heterocycles. The van der Waals surface area contributed by atoms with Crippen molar-refractivity contribution >= 4 is 23.3 Å². The molecular formula is C13H18BN2O2P. The number of ether oxygens (including phenoxy) is 1. The zero-order chi connectivity index (χ0) is 13.7. The first-order valence-electron chi connectivity index (χ1n) is 6.39. The Labute approximate surface area is 117 Å². The SMILES string of the molecule is [B]C1CC(NC(=O)OCc2ccccc2)CCN1P. The van der Waals surface area contributed by atoms with Gasteiger partial charge in [0.05, 0.1) is 7.85 Å². The normalized spacial score (nSPS) is 23.8. The van der Waals surface area contributed by atoms with Gasteiger partial charge in [0.1, 0.15) is 6.61 Å². The fraction of sp³-hybridized carbons (Fsp3) is 0.462. The fourth-order valence-corrected chi connectivity index (χ4v) is 2.35. The maximum atomic E-state index is 11.7. The van der Waals surface area contributed by atoms with Crippen molar-refractivity contribution in [1.82, 2.24) is 9.99 Å². The quantitative estimate of drug-likeness (QED) is 0.674. The minimum absolute atomic E-state index is 0.0295. The molecule has 19 heavy (non-hydrogen) atoms. The number of hydrogen-bond acceptors (Lipinski definition) is 3. The van der Waals surface area contributed by atoms with Gasteiger partial charge in [0.25, 0.3) is 0 Å². The van der Waals surface area contributed by atoms with Gasteiger partial charge in [-0.25, -0.2) is 4.79 Å². The lowest BCUT2D eigenvalue weighted by atomic mass is 9.86. The molecule has 1 N–H and O–H groups in total. The summed E-state index contributed by atoms with van der Waals surface area (Å²) in [6, 6.07) is 9.72. The van der Waals surface area contributed by atoms with Gasteiger partial charge in [0.15, 0.2) is 0 Å². The highest BCUT2D eigenvalue weighted by Crippen LogP contribution is 2.18. The molecule has 0 aromatic heterocycles. The van der Waals surface area contributed by atoms with Gasteiger partial charge in [0.2, 0.25) is 0 Å². The lowest BCUT2D eigenvalue weighted by Crippen LogP contribution is -2.46. The Morgan fingerprint density at radius 3 is 2.89 bits per heavy atom. The van der Waals surface area contributed by atoms with Crippen molar-refractivity contribution in [2.75, 3.05) is 6.54 Å². The molecule has 0 saturated carbocycles. The summed E-state index contributed by atoms with van der Waals surface area (Å²) in [5.74, 6) is -0.0295. The smallest absolute Gasteiger partial charge is 0.407 e. The minimum atomic E-state index is -0.377. The largest absolute Gasteiger partial charge is 0.445 e. The third kappa shape index (κ3) is 4.52. The van der Waals surface area contributed by atoms with Crippen molar-refractivity contribution in [2.45, 2.75) is 31.4 Å². The topological polar surface area (TPSA) is 41.6 Å². The van der Waals surface area contributed by atoms with Crippen molar-refractivity contribution in [3.63, 3.8) is 0 Å². The van der Waals surface area contributed by atoms with Crippen LogP contribution in [0.1, 0.15) is 18.4 Å². The molecule has 1 aromatic rings. The van der Waals surface area contributed by atoms with E-state index in [0.29, 0.717) is 6.61 Å². The van der Waals surface area contributed by atoms with E-state index < -0.39 is 0 Å². The molecule has 1 aromatic carbocycles. The number of benzene rings is 1. The summed E-state index contributed by atoms with van der Waals surface area (Å²) in [6.07, 6.45) is 1.25. The van der Waals surface area contributed by atoms with E-state index in [1.165, 1.54) is 0 Å². The van der Waals surface area contributed by atoms with Gasteiger partial charge in [-0.2, -0.15) is 0 Å². The summed E-state index contributed by atoms with van der Waals surface area (Å²) >= 11 is 0. The molecule has 2 rings (SSSR count). The van der Waals surface area contributed by atoms with Crippen molar-refractivity contribution in [3.8, 4) is 0 Å². The van der Waals surface area contributed by atoms with Gasteiger partial charge in [-0.15, -0.1) is 0 Å². The van der Waals surface area contributed by atoms with E-state index in [1.807, 2.05) is 35.0 Å². The second-order valence-electron chi connectivity index (χ2n) is 4.73. The maximum absolute atomic E-state index is 11.7. The molecule has 0 spiro atoms. The summed E-state index contributed by atoms with van der Waals surface area (Å²) in [6.45, 7) is 1.15. The highest BCUT2D eigenvalue weighted by Gasteiger charge is 2.24. The van der Waals surface area contributed by atoms with Gasteiger partial charge >= 0.3 is 6.09 Å². The van der Waals surface area contributed by atoms with Gasteiger partial charge < -0.3 is 10.1 Å². The van der Waals surface area contributed by atoms with Crippen LogP contribution >= 0.6 is 9.39 Å². The van der Waals surface area contributed by atoms with Crippen molar-refractivity contribution < 1.29 is 9.53 Å². The summed E-state index contributed by atoms with van der Waals surface area (Å²) in [5.41, 5.74) is 0.981. The summed E-state index contributed by atoms with van der Waals surface area (Å²) in [7, 11) is 8.53. The molecule has 100 valence electrons. The Morgan fingerprint density at radius 1 is 1.47 bits per heavy atom. The van der Waals surface area contributed by atoms with Crippen LogP contribution in [0.15, 0.2) is 30.3 Å². The first-order valence-corrected chi connectivity index (χ1v) is 6.91. The third-order valence-corrected chi connectivity index (χ3v) is 3.86. The van der Waals surface area contributed by atoms with Crippen LogP contribution in [0, 0.1) is 0 Å². The van der Waals surface area contributed by atoms with E-state index in [1.54, 1.807) is 0 Å². The minimum Gasteiger partial charge on any atom is -0.445 e. The lowest BCUT2D eigenvalue weighted by Gasteiger charge is -2.35. The van der Waals surface area contributed by atoms with Crippen LogP contribution in [-0.2, 0) is 11.3 Å². The average Bonchev–Trinajstić information content (AvgIpc) is 2.42. The van der Waals surface area contributed by atoms with Crippen LogP contribution in [-0.4, -0.2) is 37.1 Å². The van der Waals surface area contributed by atoms with Crippen molar-refractivity contribution in [3.05, 3.63) is 35.9 Å². The van der Waals surface area contributed by atoms with Crippen LogP contribution in [0.25, 0.3) is 0 Å². The highest BCUT2D eigenvalue weighted by atomic mass is 31.0. The van der Waals surface area contributed by atoms with E-state index in [-0.39, 0.29) is 18.1 Å². The van der Waals surface area contributed by atoms with Crippen LogP contribution in [0.2, 0.25) is 0 Å². The number of amides is 1. The number of piperidine rings is 1. The van der Waals surface area contributed by atoms with E-state index in [0.717, 1.165) is 24.9 Å². The molecular weight excluding hydrogens is 258 g/mol. The fourth-order valence-electron chi connectivity index (χ4n) is 2.08. The first-order chi connectivity index (χ1) is 9.15. The molecule has 6 heteroatoms. The molecule has 0 bridgehead atoms. The van der Waals surface area contributed by atoms with Crippen molar-refractivity contribution in [2.24, 2.45) is 0 Å². The Morgan fingerprint density at radius 2 is 2.21 bits per heavy atom. The van der Waals surface area contributed by atoms with Crippen LogP contribution in [0.4, 0.5) is 4.79 Å². The predicted molar refractivity (Wildman–Crippen MR) is 78.7 cm³/mol. The molecule has 1 saturated heterocycles. The average molecular weight is 276 g/mol. The van der Waals surface area contributed by atoms with Crippen LogP contribution < -0.4 is 5.32 Å². The molecule has 3 unspecified atom stereocenters. The summed E-state index contributed by atoms with van der Waals surface area (Å²) in [4.78, 5) is 11.7. The van der Waals surface area contributed by atoms with Crippen molar-refractivity contribution in [1.29, 1.82) is 0 Å². The number of carbonyl (C=O) groups is 1. The molecule has 1 fully saturated rings. The highest BCUT2D eigenvalue weighted by molar-refractivity contribution is 7.13. The zero-order valence-electron chi connectivity index (χ0n) is 10.8. The van der Waals surface area contributed by atoms with Gasteiger partial charge in [-0.1, -0.05) is 39.7 Å². The Bertz CT molecular complexity index is 418. The molecule has 2 radical (unpaired) electrons. The molecule has 1 amide bonds. The second kappa shape index (κ2) is 6.92. The number of carbonyl (C=O) groups excluding carboxylic acids is 1. The standard InChI is InChI=1S/C13H18BN2O2P/c14-12-8-11(6-7-16(12)19)15-13(17)18-9-10-4-2-1-3-5-10/h1-5,11-12H,6-9,19H2,(H,15,17). The van der Waals surface area contributed by atoms with Crippen LogP contribution in [0.3, 0.4) is 0 Å². The third-order valence-electron chi connectivity index (χ3n) is 3.22. The van der Waals surface area contributed by atoms with E-state index in [9.17, 15) is 4.79 Å². The molecule has 3 atom stereocenters. The first kappa shape index (κ1) is 14.4. The number of alkyl carbamates (subject to hydrolysis) is 1. The van der Waals surface area contributed by atoms with E-state index in [4.69, 9.17) is 12.6 Å². The summed E-state index contributed by atoms with van der Waals surface area (Å²) in [5, 5.41) is 2.86. The maximum Gasteiger partial charge on any atom is 0.407 e. The Hall–Kier alpha value is -1.06. The molecule has 1 aliphatic rings. The monoisotopic (exact) mass is 276 g/mol. The Kier molecular flexibility index (Phi) is 5.23. The number of hydrogen-bond donors (Lipinski definition) is 1. The molecule has 0 aliphatic carbocycles. The second-order valence-corrected chi connectivity index (χ2v) is 5.40. The Balaban J connectivity index is 1.73. The molecule has 4 nitrogen and oxygen atoms in total. The zero-order valence-corrected chi connectivity index (χ0v) is 11.9. The van der Waals surface area contributed by atoms with Crippen LogP contribution in [0.5, 0.6) is 0 Å². The van der Waals surface area contributed by atoms with E-state index >= 15 is 0 Å². The number of rotatable bonds is 3. The predicted octanol–water partition coefficient (Wildman–Crippen LogP) is 1.66. The number of nitrogens with one attached hydrogen (secondary N) is 1.